The summed E-state index contributed by atoms with van der Waals surface area (Å²) in [6, 6.07) is 23.2. The van der Waals surface area contributed by atoms with E-state index in [9.17, 15) is 29.1 Å². The van der Waals surface area contributed by atoms with E-state index in [1.807, 2.05) is 0 Å². The van der Waals surface area contributed by atoms with Crippen LogP contribution in [0.4, 0.5) is 0 Å². The van der Waals surface area contributed by atoms with E-state index in [0.29, 0.717) is 0 Å². The highest BCUT2D eigenvalue weighted by Crippen LogP contribution is 2.40. The van der Waals surface area contributed by atoms with Gasteiger partial charge in [-0.1, -0.05) is 54.6 Å². The topological polar surface area (TPSA) is 133 Å². The highest BCUT2D eigenvalue weighted by molar-refractivity contribution is 6.00. The van der Waals surface area contributed by atoms with Crippen LogP contribution >= 0.6 is 0 Å². The number of hydrogen-bond donors (Lipinski definition) is 1. The Bertz CT molecular complexity index is 1490. The Hall–Kier alpha value is -5.31. The minimum atomic E-state index is -2.44. The highest BCUT2D eigenvalue weighted by atomic mass is 16.6. The van der Waals surface area contributed by atoms with Gasteiger partial charge in [0, 0.05) is 12.0 Å². The highest BCUT2D eigenvalue weighted by Gasteiger charge is 2.52. The molecule has 0 spiro atoms. The molecule has 0 radical (unpaired) electrons. The molecular formula is C30H22O9. The number of esters is 3. The number of hydrogen-bond acceptors (Lipinski definition) is 8. The zero-order chi connectivity index (χ0) is 28.0. The van der Waals surface area contributed by atoms with Gasteiger partial charge in [0.25, 0.3) is 0 Å². The lowest BCUT2D eigenvalue weighted by Gasteiger charge is -2.35. The molecule has 1 aliphatic carbocycles. The first-order valence-electron chi connectivity index (χ1n) is 11.7. The molecule has 3 aromatic carbocycles. The van der Waals surface area contributed by atoms with Crippen LogP contribution in [-0.2, 0) is 23.8 Å². The molecule has 1 N–H and O–H groups in total. The van der Waals surface area contributed by atoms with Crippen LogP contribution in [0.25, 0.3) is 0 Å². The quantitative estimate of drug-likeness (QED) is 0.332. The first kappa shape index (κ1) is 26.7. The van der Waals surface area contributed by atoms with Crippen LogP contribution < -0.4 is 0 Å². The number of rotatable bonds is 8. The van der Waals surface area contributed by atoms with Gasteiger partial charge < -0.3 is 19.3 Å². The van der Waals surface area contributed by atoms with Crippen LogP contribution in [0.2, 0.25) is 0 Å². The second-order valence-corrected chi connectivity index (χ2v) is 8.49. The minimum Gasteiger partial charge on any atom is -0.478 e. The van der Waals surface area contributed by atoms with Gasteiger partial charge in [-0.25, -0.2) is 19.2 Å². The Balaban J connectivity index is 1.88. The number of ether oxygens (including phenoxy) is 3. The van der Waals surface area contributed by atoms with Crippen LogP contribution in [-0.4, -0.2) is 40.4 Å². The summed E-state index contributed by atoms with van der Waals surface area (Å²) in [4.78, 5) is 64.5. The van der Waals surface area contributed by atoms with E-state index in [4.69, 9.17) is 14.2 Å². The Morgan fingerprint density at radius 3 is 1.54 bits per heavy atom. The van der Waals surface area contributed by atoms with Crippen LogP contribution in [0, 0.1) is 0 Å². The number of aliphatic carboxylic acids is 1. The van der Waals surface area contributed by atoms with Gasteiger partial charge in [0.2, 0.25) is 11.4 Å². The standard InChI is InChI=1S/C30H22O9/c1-19(31)30(39-29(36)22-15-9-4-10-16-22)18-23(26(32)33)17-24(37-27(34)20-11-5-2-6-12-20)25(30)38-28(35)21-13-7-3-8-14-21/h2-17H,18H2,1H3,(H,32,33). The Labute approximate surface area is 222 Å². The monoisotopic (exact) mass is 526 g/mol. The Morgan fingerprint density at radius 2 is 1.10 bits per heavy atom. The summed E-state index contributed by atoms with van der Waals surface area (Å²) in [5.74, 6) is -6.36. The van der Waals surface area contributed by atoms with Crippen LogP contribution in [0.3, 0.4) is 0 Å². The first-order chi connectivity index (χ1) is 18.7. The van der Waals surface area contributed by atoms with Crippen molar-refractivity contribution >= 4 is 29.7 Å². The SMILES string of the molecule is CC(=O)C1(OC(=O)c2ccccc2)CC(C(=O)O)=CC(OC(=O)c2ccccc2)=C1OC(=O)c1ccccc1. The lowest BCUT2D eigenvalue weighted by atomic mass is 9.83. The molecule has 0 fully saturated rings. The number of carbonyl (C=O) groups is 5. The van der Waals surface area contributed by atoms with Crippen molar-refractivity contribution in [2.75, 3.05) is 0 Å². The van der Waals surface area contributed by atoms with Crippen molar-refractivity contribution in [2.45, 2.75) is 18.9 Å². The number of benzene rings is 3. The van der Waals surface area contributed by atoms with Gasteiger partial charge in [0.1, 0.15) is 0 Å². The fourth-order valence-electron chi connectivity index (χ4n) is 3.86. The van der Waals surface area contributed by atoms with E-state index in [0.717, 1.165) is 13.0 Å². The van der Waals surface area contributed by atoms with E-state index in [-0.39, 0.29) is 16.7 Å². The fraction of sp³-hybridized carbons (Fsp3) is 0.100. The van der Waals surface area contributed by atoms with Crippen LogP contribution in [0.5, 0.6) is 0 Å². The van der Waals surface area contributed by atoms with Crippen molar-refractivity contribution in [3.05, 3.63) is 131 Å². The molecule has 1 atom stereocenters. The number of ketones is 1. The van der Waals surface area contributed by atoms with Gasteiger partial charge in [-0.15, -0.1) is 0 Å². The first-order valence-corrected chi connectivity index (χ1v) is 11.7. The molecule has 1 unspecified atom stereocenters. The maximum atomic E-state index is 13.2. The number of allylic oxidation sites excluding steroid dienone is 1. The molecule has 0 aromatic heterocycles. The summed E-state index contributed by atoms with van der Waals surface area (Å²) in [7, 11) is 0. The molecule has 0 heterocycles. The van der Waals surface area contributed by atoms with Gasteiger partial charge in [-0.3, -0.25) is 4.79 Å². The Kier molecular flexibility index (Phi) is 7.81. The van der Waals surface area contributed by atoms with Gasteiger partial charge in [-0.05, 0) is 49.4 Å². The fourth-order valence-corrected chi connectivity index (χ4v) is 3.86. The van der Waals surface area contributed by atoms with Crippen LogP contribution in [0.15, 0.2) is 114 Å². The molecule has 39 heavy (non-hydrogen) atoms. The third-order valence-corrected chi connectivity index (χ3v) is 5.87. The van der Waals surface area contributed by atoms with E-state index in [1.165, 1.54) is 36.4 Å². The molecule has 3 aromatic rings. The normalized spacial score (nSPS) is 16.5. The average Bonchev–Trinajstić information content (AvgIpc) is 2.95. The number of carboxylic acid groups (broad SMARTS) is 1. The summed E-state index contributed by atoms with van der Waals surface area (Å²) in [5.41, 5.74) is -2.61. The zero-order valence-corrected chi connectivity index (χ0v) is 20.7. The lowest BCUT2D eigenvalue weighted by Crippen LogP contribution is -2.48. The van der Waals surface area contributed by atoms with Gasteiger partial charge >= 0.3 is 23.9 Å². The van der Waals surface area contributed by atoms with E-state index >= 15 is 0 Å². The van der Waals surface area contributed by atoms with E-state index in [1.54, 1.807) is 54.6 Å². The van der Waals surface area contributed by atoms with Crippen molar-refractivity contribution in [3.8, 4) is 0 Å². The summed E-state index contributed by atoms with van der Waals surface area (Å²) in [5, 5.41) is 9.83. The second kappa shape index (κ2) is 11.4. The molecule has 0 aliphatic heterocycles. The van der Waals surface area contributed by atoms with Crippen molar-refractivity contribution in [3.63, 3.8) is 0 Å². The predicted octanol–water partition coefficient (Wildman–Crippen LogP) is 4.51. The molecule has 0 saturated heterocycles. The van der Waals surface area contributed by atoms with Crippen molar-refractivity contribution in [1.29, 1.82) is 0 Å². The van der Waals surface area contributed by atoms with Crippen molar-refractivity contribution in [2.24, 2.45) is 0 Å². The van der Waals surface area contributed by atoms with Crippen molar-refractivity contribution in [1.82, 2.24) is 0 Å². The number of carboxylic acids is 1. The number of carbonyl (C=O) groups excluding carboxylic acids is 4. The maximum Gasteiger partial charge on any atom is 0.343 e. The molecule has 196 valence electrons. The molecule has 4 rings (SSSR count). The summed E-state index contributed by atoms with van der Waals surface area (Å²) < 4.78 is 16.7. The summed E-state index contributed by atoms with van der Waals surface area (Å²) in [6.07, 6.45) is 0.286. The predicted molar refractivity (Wildman–Crippen MR) is 136 cm³/mol. The smallest absolute Gasteiger partial charge is 0.343 e. The summed E-state index contributed by atoms with van der Waals surface area (Å²) in [6.45, 7) is 1.05. The maximum absolute atomic E-state index is 13.2. The van der Waals surface area contributed by atoms with E-state index < -0.39 is 58.8 Å². The minimum absolute atomic E-state index is 0.0566. The van der Waals surface area contributed by atoms with Crippen LogP contribution in [0.1, 0.15) is 44.4 Å². The molecule has 1 aliphatic rings. The average molecular weight is 526 g/mol. The lowest BCUT2D eigenvalue weighted by molar-refractivity contribution is -0.138. The van der Waals surface area contributed by atoms with Gasteiger partial charge in [0.15, 0.2) is 11.5 Å². The Morgan fingerprint density at radius 1 is 0.667 bits per heavy atom. The summed E-state index contributed by atoms with van der Waals surface area (Å²) >= 11 is 0. The molecular weight excluding hydrogens is 504 g/mol. The zero-order valence-electron chi connectivity index (χ0n) is 20.7. The third-order valence-electron chi connectivity index (χ3n) is 5.87. The van der Waals surface area contributed by atoms with Gasteiger partial charge in [-0.2, -0.15) is 0 Å². The van der Waals surface area contributed by atoms with Gasteiger partial charge in [0.05, 0.1) is 16.7 Å². The molecule has 9 heteroatoms. The molecule has 0 bridgehead atoms. The molecule has 0 amide bonds. The molecule has 9 nitrogen and oxygen atoms in total. The third kappa shape index (κ3) is 5.83. The molecule has 0 saturated carbocycles. The van der Waals surface area contributed by atoms with Crippen molar-refractivity contribution < 1.29 is 43.3 Å². The van der Waals surface area contributed by atoms with E-state index in [2.05, 4.69) is 0 Å². The largest absolute Gasteiger partial charge is 0.478 e. The second-order valence-electron chi connectivity index (χ2n) is 8.49. The number of Topliss-reactive ketones (excluding diaryl/α,β-unsaturated/α-hetero) is 1.